The first-order chi connectivity index (χ1) is 9.87. The summed E-state index contributed by atoms with van der Waals surface area (Å²) in [7, 11) is 3.47. The average Bonchev–Trinajstić information content (AvgIpc) is 2.44. The van der Waals surface area contributed by atoms with Crippen LogP contribution in [0, 0.1) is 18.8 Å². The van der Waals surface area contributed by atoms with Crippen LogP contribution >= 0.6 is 0 Å². The van der Waals surface area contributed by atoms with Crippen LogP contribution in [0.25, 0.3) is 0 Å². The number of aryl methyl sites for hydroxylation is 1. The molecule has 0 bridgehead atoms. The number of benzene rings is 1. The Morgan fingerprint density at radius 1 is 1.05 bits per heavy atom. The van der Waals surface area contributed by atoms with E-state index in [1.165, 1.54) is 17.5 Å². The van der Waals surface area contributed by atoms with Gasteiger partial charge in [-0.25, -0.2) is 0 Å². The summed E-state index contributed by atoms with van der Waals surface area (Å²) >= 11 is 0. The molecule has 2 heteroatoms. The van der Waals surface area contributed by atoms with Crippen molar-refractivity contribution in [1.29, 1.82) is 0 Å². The molecule has 1 atom stereocenters. The third-order valence-corrected chi connectivity index (χ3v) is 3.95. The molecule has 0 aliphatic carbocycles. The third kappa shape index (κ3) is 7.52. The zero-order valence-electron chi connectivity index (χ0n) is 15.2. The van der Waals surface area contributed by atoms with Gasteiger partial charge in [0.15, 0.2) is 0 Å². The van der Waals surface area contributed by atoms with Crippen LogP contribution in [0.4, 0.5) is 0 Å². The van der Waals surface area contributed by atoms with Crippen molar-refractivity contribution in [3.63, 3.8) is 0 Å². The first-order valence-corrected chi connectivity index (χ1v) is 8.00. The van der Waals surface area contributed by atoms with Crippen molar-refractivity contribution in [2.24, 2.45) is 11.8 Å². The SMILES string of the molecule is CCC(COC)C(C)C.COc1ccc(C(C)C)c(C)c1. The lowest BCUT2D eigenvalue weighted by molar-refractivity contribution is 0.127. The maximum absolute atomic E-state index is 5.13. The second-order valence-corrected chi connectivity index (χ2v) is 6.24. The molecule has 0 saturated carbocycles. The predicted molar refractivity (Wildman–Crippen MR) is 92.3 cm³/mol. The van der Waals surface area contributed by atoms with E-state index in [4.69, 9.17) is 9.47 Å². The first kappa shape index (κ1) is 20.0. The van der Waals surface area contributed by atoms with Crippen LogP contribution in [0.1, 0.15) is 58.1 Å². The standard InChI is InChI=1S/C11H16O.C8H18O/c1-8(2)11-6-5-10(12-4)7-9(11)3;1-5-8(6-9-4)7(2)3/h5-8H,1-4H3;7-8H,5-6H2,1-4H3. The Labute approximate surface area is 131 Å². The highest BCUT2D eigenvalue weighted by atomic mass is 16.5. The second kappa shape index (κ2) is 10.7. The molecule has 0 saturated heterocycles. The number of ether oxygens (including phenoxy) is 2. The lowest BCUT2D eigenvalue weighted by Gasteiger charge is -2.16. The molecule has 0 N–H and O–H groups in total. The zero-order chi connectivity index (χ0) is 16.4. The fourth-order valence-corrected chi connectivity index (χ4v) is 2.42. The summed E-state index contributed by atoms with van der Waals surface area (Å²) in [6.45, 7) is 14.1. The highest BCUT2D eigenvalue weighted by molar-refractivity contribution is 5.36. The van der Waals surface area contributed by atoms with Crippen LogP contribution in [0.3, 0.4) is 0 Å². The van der Waals surface area contributed by atoms with Gasteiger partial charge in [0.05, 0.1) is 7.11 Å². The van der Waals surface area contributed by atoms with E-state index in [1.807, 2.05) is 6.07 Å². The maximum atomic E-state index is 5.13. The Morgan fingerprint density at radius 3 is 1.95 bits per heavy atom. The summed E-state index contributed by atoms with van der Waals surface area (Å²) in [6.07, 6.45) is 1.23. The highest BCUT2D eigenvalue weighted by Crippen LogP contribution is 2.22. The Kier molecular flexibility index (Phi) is 10.2. The summed E-state index contributed by atoms with van der Waals surface area (Å²) in [5.74, 6) is 3.04. The van der Waals surface area contributed by atoms with Gasteiger partial charge in [0, 0.05) is 13.7 Å². The highest BCUT2D eigenvalue weighted by Gasteiger charge is 2.09. The van der Waals surface area contributed by atoms with Gasteiger partial charge in [-0.1, -0.05) is 47.1 Å². The van der Waals surface area contributed by atoms with Crippen LogP contribution in [0.15, 0.2) is 18.2 Å². The number of hydrogen-bond donors (Lipinski definition) is 0. The molecule has 0 heterocycles. The topological polar surface area (TPSA) is 18.5 Å². The molecule has 21 heavy (non-hydrogen) atoms. The lowest BCUT2D eigenvalue weighted by Crippen LogP contribution is -2.13. The molecular formula is C19H34O2. The molecule has 1 aromatic carbocycles. The predicted octanol–water partition coefficient (Wildman–Crippen LogP) is 5.44. The van der Waals surface area contributed by atoms with Crippen molar-refractivity contribution in [2.75, 3.05) is 20.8 Å². The van der Waals surface area contributed by atoms with Crippen molar-refractivity contribution in [3.05, 3.63) is 29.3 Å². The number of hydrogen-bond acceptors (Lipinski definition) is 2. The van der Waals surface area contributed by atoms with Crippen molar-refractivity contribution in [1.82, 2.24) is 0 Å². The number of rotatable bonds is 6. The van der Waals surface area contributed by atoms with Crippen LogP contribution in [-0.2, 0) is 4.74 Å². The zero-order valence-corrected chi connectivity index (χ0v) is 15.2. The van der Waals surface area contributed by atoms with Crippen molar-refractivity contribution in [3.8, 4) is 5.75 Å². The van der Waals surface area contributed by atoms with Gasteiger partial charge < -0.3 is 9.47 Å². The molecule has 1 rings (SSSR count). The molecule has 122 valence electrons. The summed E-state index contributed by atoms with van der Waals surface area (Å²) in [5, 5.41) is 0. The van der Waals surface area contributed by atoms with Crippen LogP contribution < -0.4 is 4.74 Å². The molecule has 0 aliphatic heterocycles. The van der Waals surface area contributed by atoms with Crippen molar-refractivity contribution >= 4 is 0 Å². The Hall–Kier alpha value is -1.02. The monoisotopic (exact) mass is 294 g/mol. The van der Waals surface area contributed by atoms with Gasteiger partial charge in [-0.2, -0.15) is 0 Å². The second-order valence-electron chi connectivity index (χ2n) is 6.24. The fraction of sp³-hybridized carbons (Fsp3) is 0.684. The van der Waals surface area contributed by atoms with Gasteiger partial charge in [0.1, 0.15) is 5.75 Å². The molecule has 1 unspecified atom stereocenters. The molecular weight excluding hydrogens is 260 g/mol. The lowest BCUT2D eigenvalue weighted by atomic mass is 9.94. The molecule has 0 amide bonds. The van der Waals surface area contributed by atoms with E-state index in [0.717, 1.165) is 24.2 Å². The molecule has 0 aliphatic rings. The van der Waals surface area contributed by atoms with Crippen LogP contribution in [-0.4, -0.2) is 20.8 Å². The van der Waals surface area contributed by atoms with Gasteiger partial charge >= 0.3 is 0 Å². The third-order valence-electron chi connectivity index (χ3n) is 3.95. The molecule has 2 nitrogen and oxygen atoms in total. The summed E-state index contributed by atoms with van der Waals surface area (Å²) in [5.41, 5.74) is 2.71. The van der Waals surface area contributed by atoms with Gasteiger partial charge in [-0.15, -0.1) is 0 Å². The summed E-state index contributed by atoms with van der Waals surface area (Å²) in [6, 6.07) is 6.23. The fourth-order valence-electron chi connectivity index (χ4n) is 2.42. The smallest absolute Gasteiger partial charge is 0.119 e. The van der Waals surface area contributed by atoms with Gasteiger partial charge in [0.2, 0.25) is 0 Å². The van der Waals surface area contributed by atoms with Gasteiger partial charge in [-0.05, 0) is 47.9 Å². The Morgan fingerprint density at radius 2 is 1.67 bits per heavy atom. The Bertz CT molecular complexity index is 383. The van der Waals surface area contributed by atoms with E-state index < -0.39 is 0 Å². The van der Waals surface area contributed by atoms with E-state index in [9.17, 15) is 0 Å². The van der Waals surface area contributed by atoms with Gasteiger partial charge in [0.25, 0.3) is 0 Å². The van der Waals surface area contributed by atoms with E-state index in [2.05, 4.69) is 53.7 Å². The van der Waals surface area contributed by atoms with Gasteiger partial charge in [-0.3, -0.25) is 0 Å². The molecule has 0 spiro atoms. The maximum Gasteiger partial charge on any atom is 0.119 e. The normalized spacial score (nSPS) is 12.1. The quantitative estimate of drug-likeness (QED) is 0.695. The van der Waals surface area contributed by atoms with Crippen LogP contribution in [0.5, 0.6) is 5.75 Å². The molecule has 1 aromatic rings. The van der Waals surface area contributed by atoms with E-state index in [-0.39, 0.29) is 0 Å². The minimum absolute atomic E-state index is 0.593. The van der Waals surface area contributed by atoms with Crippen molar-refractivity contribution < 1.29 is 9.47 Å². The Balaban J connectivity index is 0.000000400. The van der Waals surface area contributed by atoms with E-state index in [1.54, 1.807) is 14.2 Å². The molecule has 0 aromatic heterocycles. The minimum atomic E-state index is 0.593. The average molecular weight is 294 g/mol. The largest absolute Gasteiger partial charge is 0.497 e. The minimum Gasteiger partial charge on any atom is -0.497 e. The molecule has 0 fully saturated rings. The van der Waals surface area contributed by atoms with Crippen molar-refractivity contribution in [2.45, 2.75) is 53.9 Å². The first-order valence-electron chi connectivity index (χ1n) is 8.00. The molecule has 0 radical (unpaired) electrons. The van der Waals surface area contributed by atoms with E-state index in [0.29, 0.717) is 5.92 Å². The number of methoxy groups -OCH3 is 2. The van der Waals surface area contributed by atoms with E-state index >= 15 is 0 Å². The summed E-state index contributed by atoms with van der Waals surface area (Å²) in [4.78, 5) is 0. The summed E-state index contributed by atoms with van der Waals surface area (Å²) < 4.78 is 10.2. The van der Waals surface area contributed by atoms with Crippen LogP contribution in [0.2, 0.25) is 0 Å².